The molecular weight excluding hydrogens is 226 g/mol. The highest BCUT2D eigenvalue weighted by Gasteiger charge is 2.16. The molecule has 0 unspecified atom stereocenters. The van der Waals surface area contributed by atoms with Crippen LogP contribution in [0.5, 0.6) is 0 Å². The van der Waals surface area contributed by atoms with Crippen LogP contribution in [0, 0.1) is 12.8 Å². The van der Waals surface area contributed by atoms with Crippen molar-refractivity contribution in [3.8, 4) is 0 Å². The fraction of sp³-hybridized carbons (Fsp3) is 0.500. The maximum atomic E-state index is 11.2. The van der Waals surface area contributed by atoms with E-state index in [0.717, 1.165) is 23.4 Å². The standard InChI is InChI=1S/C14H23N3O/c1-10(2)8-17(9-13(16)18)14-11(3)5-4-6-12(14)7-15/h4-6,10H,7-9,15H2,1-3H3,(H2,16,18). The van der Waals surface area contributed by atoms with Gasteiger partial charge in [-0.1, -0.05) is 32.0 Å². The number of aryl methyl sites for hydroxylation is 1. The van der Waals surface area contributed by atoms with Crippen molar-refractivity contribution in [3.63, 3.8) is 0 Å². The van der Waals surface area contributed by atoms with E-state index in [4.69, 9.17) is 11.5 Å². The minimum Gasteiger partial charge on any atom is -0.368 e. The smallest absolute Gasteiger partial charge is 0.236 e. The number of amides is 1. The molecule has 0 bridgehead atoms. The van der Waals surface area contributed by atoms with Crippen LogP contribution >= 0.6 is 0 Å². The number of nitrogens with zero attached hydrogens (tertiary/aromatic N) is 1. The molecule has 1 amide bonds. The van der Waals surface area contributed by atoms with E-state index in [9.17, 15) is 4.79 Å². The minimum absolute atomic E-state index is 0.232. The molecule has 100 valence electrons. The molecule has 0 fully saturated rings. The molecule has 0 saturated heterocycles. The van der Waals surface area contributed by atoms with Crippen molar-refractivity contribution in [2.45, 2.75) is 27.3 Å². The largest absolute Gasteiger partial charge is 0.368 e. The van der Waals surface area contributed by atoms with Crippen molar-refractivity contribution in [1.29, 1.82) is 0 Å². The van der Waals surface area contributed by atoms with Gasteiger partial charge in [-0.25, -0.2) is 0 Å². The first kappa shape index (κ1) is 14.5. The van der Waals surface area contributed by atoms with Gasteiger partial charge in [0.15, 0.2) is 0 Å². The first-order valence-corrected chi connectivity index (χ1v) is 6.27. The van der Waals surface area contributed by atoms with Crippen molar-refractivity contribution in [2.75, 3.05) is 18.0 Å². The van der Waals surface area contributed by atoms with E-state index < -0.39 is 0 Å². The zero-order chi connectivity index (χ0) is 13.7. The van der Waals surface area contributed by atoms with E-state index in [-0.39, 0.29) is 12.5 Å². The summed E-state index contributed by atoms with van der Waals surface area (Å²) < 4.78 is 0. The molecule has 0 aromatic heterocycles. The number of nitrogens with two attached hydrogens (primary N) is 2. The van der Waals surface area contributed by atoms with Crippen molar-refractivity contribution in [3.05, 3.63) is 29.3 Å². The lowest BCUT2D eigenvalue weighted by atomic mass is 10.0. The Balaban J connectivity index is 3.14. The monoisotopic (exact) mass is 249 g/mol. The van der Waals surface area contributed by atoms with E-state index in [0.29, 0.717) is 12.5 Å². The van der Waals surface area contributed by atoms with E-state index in [2.05, 4.69) is 13.8 Å². The quantitative estimate of drug-likeness (QED) is 0.800. The molecule has 4 heteroatoms. The summed E-state index contributed by atoms with van der Waals surface area (Å²) in [6, 6.07) is 6.01. The van der Waals surface area contributed by atoms with Crippen LogP contribution in [-0.4, -0.2) is 19.0 Å². The second-order valence-electron chi connectivity index (χ2n) is 5.03. The third-order valence-electron chi connectivity index (χ3n) is 2.79. The molecule has 1 rings (SSSR count). The van der Waals surface area contributed by atoms with Gasteiger partial charge in [-0.2, -0.15) is 0 Å². The first-order chi connectivity index (χ1) is 8.45. The predicted octanol–water partition coefficient (Wildman–Crippen LogP) is 1.40. The maximum absolute atomic E-state index is 11.2. The normalized spacial score (nSPS) is 10.7. The fourth-order valence-corrected chi connectivity index (χ4v) is 2.20. The summed E-state index contributed by atoms with van der Waals surface area (Å²) in [5, 5.41) is 0. The molecule has 0 aliphatic carbocycles. The Labute approximate surface area is 109 Å². The SMILES string of the molecule is Cc1cccc(CN)c1N(CC(N)=O)CC(C)C. The summed E-state index contributed by atoms with van der Waals surface area (Å²) in [6.45, 7) is 7.76. The highest BCUT2D eigenvalue weighted by molar-refractivity contribution is 5.80. The van der Waals surface area contributed by atoms with Gasteiger partial charge in [0.1, 0.15) is 0 Å². The summed E-state index contributed by atoms with van der Waals surface area (Å²) in [6.07, 6.45) is 0. The van der Waals surface area contributed by atoms with Gasteiger partial charge in [0, 0.05) is 18.8 Å². The minimum atomic E-state index is -0.318. The molecule has 1 aromatic carbocycles. The molecular formula is C14H23N3O. The molecule has 0 spiro atoms. The molecule has 0 heterocycles. The summed E-state index contributed by atoms with van der Waals surface area (Å²) in [4.78, 5) is 13.3. The van der Waals surface area contributed by atoms with Crippen LogP contribution in [0.2, 0.25) is 0 Å². The maximum Gasteiger partial charge on any atom is 0.236 e. The number of anilines is 1. The topological polar surface area (TPSA) is 72.3 Å². The molecule has 4 nitrogen and oxygen atoms in total. The lowest BCUT2D eigenvalue weighted by molar-refractivity contribution is -0.116. The van der Waals surface area contributed by atoms with Crippen LogP contribution in [0.4, 0.5) is 5.69 Å². The molecule has 4 N–H and O–H groups in total. The van der Waals surface area contributed by atoms with Gasteiger partial charge >= 0.3 is 0 Å². The Morgan fingerprint density at radius 2 is 2.06 bits per heavy atom. The highest BCUT2D eigenvalue weighted by Crippen LogP contribution is 2.25. The van der Waals surface area contributed by atoms with E-state index in [1.807, 2.05) is 30.0 Å². The third kappa shape index (κ3) is 3.74. The number of para-hydroxylation sites is 1. The van der Waals surface area contributed by atoms with Crippen LogP contribution < -0.4 is 16.4 Å². The van der Waals surface area contributed by atoms with Gasteiger partial charge in [-0.3, -0.25) is 4.79 Å². The number of rotatable bonds is 6. The molecule has 18 heavy (non-hydrogen) atoms. The zero-order valence-corrected chi connectivity index (χ0v) is 11.4. The Bertz CT molecular complexity index is 416. The predicted molar refractivity (Wildman–Crippen MR) is 75.3 cm³/mol. The highest BCUT2D eigenvalue weighted by atomic mass is 16.1. The Hall–Kier alpha value is -1.55. The van der Waals surface area contributed by atoms with Crippen LogP contribution in [0.15, 0.2) is 18.2 Å². The zero-order valence-electron chi connectivity index (χ0n) is 11.4. The van der Waals surface area contributed by atoms with Crippen molar-refractivity contribution < 1.29 is 4.79 Å². The average molecular weight is 249 g/mol. The molecule has 1 aromatic rings. The number of carbonyl (C=O) groups is 1. The Kier molecular flexibility index (Phi) is 5.16. The van der Waals surface area contributed by atoms with E-state index >= 15 is 0 Å². The lowest BCUT2D eigenvalue weighted by Crippen LogP contribution is -2.37. The van der Waals surface area contributed by atoms with Gasteiger partial charge in [-0.05, 0) is 24.0 Å². The summed E-state index contributed by atoms with van der Waals surface area (Å²) in [5.41, 5.74) is 14.3. The van der Waals surface area contributed by atoms with Gasteiger partial charge in [0.25, 0.3) is 0 Å². The van der Waals surface area contributed by atoms with Crippen LogP contribution in [0.3, 0.4) is 0 Å². The molecule has 0 atom stereocenters. The third-order valence-corrected chi connectivity index (χ3v) is 2.79. The van der Waals surface area contributed by atoms with Gasteiger partial charge in [-0.15, -0.1) is 0 Å². The van der Waals surface area contributed by atoms with Crippen LogP contribution in [0.25, 0.3) is 0 Å². The molecule has 0 radical (unpaired) electrons. The van der Waals surface area contributed by atoms with Crippen LogP contribution in [-0.2, 0) is 11.3 Å². The lowest BCUT2D eigenvalue weighted by Gasteiger charge is -2.29. The number of hydrogen-bond donors (Lipinski definition) is 2. The second-order valence-corrected chi connectivity index (χ2v) is 5.03. The van der Waals surface area contributed by atoms with E-state index in [1.54, 1.807) is 0 Å². The summed E-state index contributed by atoms with van der Waals surface area (Å²) in [5.74, 6) is 0.136. The van der Waals surface area contributed by atoms with Crippen LogP contribution in [0.1, 0.15) is 25.0 Å². The second kappa shape index (κ2) is 6.40. The summed E-state index contributed by atoms with van der Waals surface area (Å²) >= 11 is 0. The fourth-order valence-electron chi connectivity index (χ4n) is 2.20. The van der Waals surface area contributed by atoms with E-state index in [1.165, 1.54) is 0 Å². The molecule has 0 aliphatic heterocycles. The van der Waals surface area contributed by atoms with Gasteiger partial charge in [0.05, 0.1) is 6.54 Å². The number of primary amides is 1. The van der Waals surface area contributed by atoms with Crippen molar-refractivity contribution in [2.24, 2.45) is 17.4 Å². The Morgan fingerprint density at radius 1 is 1.39 bits per heavy atom. The number of benzene rings is 1. The van der Waals surface area contributed by atoms with Crippen molar-refractivity contribution >= 4 is 11.6 Å². The molecule has 0 aliphatic rings. The number of hydrogen-bond acceptors (Lipinski definition) is 3. The average Bonchev–Trinajstić information content (AvgIpc) is 2.26. The number of carbonyl (C=O) groups excluding carboxylic acids is 1. The van der Waals surface area contributed by atoms with Gasteiger partial charge in [0.2, 0.25) is 5.91 Å². The summed E-state index contributed by atoms with van der Waals surface area (Å²) in [7, 11) is 0. The van der Waals surface area contributed by atoms with Crippen molar-refractivity contribution in [1.82, 2.24) is 0 Å². The van der Waals surface area contributed by atoms with Gasteiger partial charge < -0.3 is 16.4 Å². The Morgan fingerprint density at radius 3 is 2.56 bits per heavy atom. The molecule has 0 saturated carbocycles. The first-order valence-electron chi connectivity index (χ1n) is 6.27.